The molecule has 1 aliphatic rings. The summed E-state index contributed by atoms with van der Waals surface area (Å²) in [6, 6.07) is 0. The predicted molar refractivity (Wildman–Crippen MR) is 60.8 cm³/mol. The van der Waals surface area contributed by atoms with Crippen molar-refractivity contribution in [3.05, 3.63) is 0 Å². The highest BCUT2D eigenvalue weighted by atomic mass is 15.1. The zero-order valence-electron chi connectivity index (χ0n) is 9.21. The van der Waals surface area contributed by atoms with Gasteiger partial charge in [-0.15, -0.1) is 6.42 Å². The highest BCUT2D eigenvalue weighted by Crippen LogP contribution is 2.31. The van der Waals surface area contributed by atoms with Gasteiger partial charge in [0, 0.05) is 6.54 Å². The topological polar surface area (TPSA) is 29.3 Å². The first-order valence-electron chi connectivity index (χ1n) is 5.67. The van der Waals surface area contributed by atoms with Crippen molar-refractivity contribution in [3.63, 3.8) is 0 Å². The number of terminal acetylenes is 1. The molecule has 0 aromatic heterocycles. The van der Waals surface area contributed by atoms with Crippen molar-refractivity contribution in [2.75, 3.05) is 26.2 Å². The second-order valence-corrected chi connectivity index (χ2v) is 4.22. The molecular weight excluding hydrogens is 172 g/mol. The van der Waals surface area contributed by atoms with Crippen molar-refractivity contribution in [3.8, 4) is 12.3 Å². The van der Waals surface area contributed by atoms with Gasteiger partial charge in [-0.2, -0.15) is 0 Å². The van der Waals surface area contributed by atoms with E-state index in [2.05, 4.69) is 17.7 Å². The summed E-state index contributed by atoms with van der Waals surface area (Å²) in [6.45, 7) is 5.99. The van der Waals surface area contributed by atoms with Gasteiger partial charge in [0.2, 0.25) is 0 Å². The fraction of sp³-hybridized carbons (Fsp3) is 0.833. The molecule has 0 amide bonds. The van der Waals surface area contributed by atoms with E-state index in [4.69, 9.17) is 12.2 Å². The lowest BCUT2D eigenvalue weighted by molar-refractivity contribution is 0.235. The van der Waals surface area contributed by atoms with Crippen LogP contribution >= 0.6 is 0 Å². The Balaban J connectivity index is 2.37. The van der Waals surface area contributed by atoms with E-state index in [1.807, 2.05) is 0 Å². The maximum Gasteiger partial charge on any atom is 0.0598 e. The third kappa shape index (κ3) is 3.01. The van der Waals surface area contributed by atoms with Gasteiger partial charge in [0.1, 0.15) is 0 Å². The summed E-state index contributed by atoms with van der Waals surface area (Å²) in [5.41, 5.74) is 5.76. The molecule has 0 aromatic carbocycles. The minimum atomic E-state index is 0.738. The summed E-state index contributed by atoms with van der Waals surface area (Å²) in [6.07, 6.45) is 9.33. The van der Waals surface area contributed by atoms with E-state index in [9.17, 15) is 0 Å². The van der Waals surface area contributed by atoms with Gasteiger partial charge in [-0.1, -0.05) is 19.3 Å². The minimum absolute atomic E-state index is 0.738. The highest BCUT2D eigenvalue weighted by Gasteiger charge is 2.26. The molecule has 80 valence electrons. The van der Waals surface area contributed by atoms with Gasteiger partial charge in [-0.25, -0.2) is 0 Å². The molecule has 0 bridgehead atoms. The standard InChI is InChI=1S/C12H22N2/c1-3-8-14(4-2)10-12-7-5-6-11(12)9-13/h1,11-12H,4-10,13H2,2H3. The van der Waals surface area contributed by atoms with E-state index in [1.54, 1.807) is 0 Å². The predicted octanol–water partition coefficient (Wildman–Crippen LogP) is 1.32. The molecule has 0 saturated heterocycles. The molecule has 0 spiro atoms. The van der Waals surface area contributed by atoms with Crippen molar-refractivity contribution in [1.82, 2.24) is 4.90 Å². The van der Waals surface area contributed by atoms with Crippen molar-refractivity contribution in [2.24, 2.45) is 17.6 Å². The Labute approximate surface area is 87.8 Å². The molecule has 0 radical (unpaired) electrons. The van der Waals surface area contributed by atoms with E-state index in [0.717, 1.165) is 38.0 Å². The second-order valence-electron chi connectivity index (χ2n) is 4.22. The summed E-state index contributed by atoms with van der Waals surface area (Å²) >= 11 is 0. The summed E-state index contributed by atoms with van der Waals surface area (Å²) < 4.78 is 0. The molecule has 2 nitrogen and oxygen atoms in total. The Morgan fingerprint density at radius 1 is 1.43 bits per heavy atom. The molecule has 1 rings (SSSR count). The molecule has 1 aliphatic carbocycles. The Bertz CT molecular complexity index is 195. The zero-order chi connectivity index (χ0) is 10.4. The first kappa shape index (κ1) is 11.6. The van der Waals surface area contributed by atoms with Gasteiger partial charge in [0.15, 0.2) is 0 Å². The van der Waals surface area contributed by atoms with Crippen LogP contribution in [0.5, 0.6) is 0 Å². The van der Waals surface area contributed by atoms with Crippen LogP contribution in [0.1, 0.15) is 26.2 Å². The molecule has 0 heterocycles. The van der Waals surface area contributed by atoms with Gasteiger partial charge in [-0.3, -0.25) is 4.90 Å². The third-order valence-electron chi connectivity index (χ3n) is 3.37. The Hall–Kier alpha value is -0.520. The van der Waals surface area contributed by atoms with Gasteiger partial charge >= 0.3 is 0 Å². The van der Waals surface area contributed by atoms with Crippen molar-refractivity contribution < 1.29 is 0 Å². The lowest BCUT2D eigenvalue weighted by Gasteiger charge is -2.25. The normalized spacial score (nSPS) is 26.7. The van der Waals surface area contributed by atoms with Crippen molar-refractivity contribution in [1.29, 1.82) is 0 Å². The van der Waals surface area contributed by atoms with Crippen LogP contribution in [0.3, 0.4) is 0 Å². The van der Waals surface area contributed by atoms with Crippen LogP contribution in [-0.2, 0) is 0 Å². The Kier molecular flexibility index (Phi) is 5.00. The maximum atomic E-state index is 5.76. The number of rotatable bonds is 5. The van der Waals surface area contributed by atoms with Crippen LogP contribution in [-0.4, -0.2) is 31.1 Å². The van der Waals surface area contributed by atoms with Crippen LogP contribution < -0.4 is 5.73 Å². The van der Waals surface area contributed by atoms with Crippen LogP contribution in [0.25, 0.3) is 0 Å². The van der Waals surface area contributed by atoms with Crippen molar-refractivity contribution >= 4 is 0 Å². The molecule has 2 heteroatoms. The van der Waals surface area contributed by atoms with Crippen LogP contribution in [0.4, 0.5) is 0 Å². The SMILES string of the molecule is C#CCN(CC)CC1CCCC1CN. The quantitative estimate of drug-likeness (QED) is 0.669. The molecule has 14 heavy (non-hydrogen) atoms. The molecule has 1 saturated carbocycles. The van der Waals surface area contributed by atoms with Gasteiger partial charge < -0.3 is 5.73 Å². The van der Waals surface area contributed by atoms with E-state index in [0.29, 0.717) is 0 Å². The maximum absolute atomic E-state index is 5.76. The highest BCUT2D eigenvalue weighted by molar-refractivity contribution is 4.89. The summed E-state index contributed by atoms with van der Waals surface area (Å²) in [4.78, 5) is 2.35. The fourth-order valence-electron chi connectivity index (χ4n) is 2.43. The molecule has 2 atom stereocenters. The summed E-state index contributed by atoms with van der Waals surface area (Å²) in [5, 5.41) is 0. The number of hydrogen-bond donors (Lipinski definition) is 1. The number of hydrogen-bond acceptors (Lipinski definition) is 2. The molecule has 0 aliphatic heterocycles. The molecule has 1 fully saturated rings. The Morgan fingerprint density at radius 2 is 2.14 bits per heavy atom. The molecular formula is C12H22N2. The molecule has 2 N–H and O–H groups in total. The number of nitrogens with two attached hydrogens (primary N) is 1. The first-order valence-corrected chi connectivity index (χ1v) is 5.67. The first-order chi connectivity index (χ1) is 6.81. The molecule has 2 unspecified atom stereocenters. The van der Waals surface area contributed by atoms with Crippen molar-refractivity contribution in [2.45, 2.75) is 26.2 Å². The van der Waals surface area contributed by atoms with E-state index < -0.39 is 0 Å². The Morgan fingerprint density at radius 3 is 2.71 bits per heavy atom. The number of nitrogens with zero attached hydrogens (tertiary/aromatic N) is 1. The van der Waals surface area contributed by atoms with Gasteiger partial charge in [0.25, 0.3) is 0 Å². The average molecular weight is 194 g/mol. The minimum Gasteiger partial charge on any atom is -0.330 e. The average Bonchev–Trinajstić information content (AvgIpc) is 2.64. The largest absolute Gasteiger partial charge is 0.330 e. The zero-order valence-corrected chi connectivity index (χ0v) is 9.21. The van der Waals surface area contributed by atoms with Crippen LogP contribution in [0, 0.1) is 24.2 Å². The van der Waals surface area contributed by atoms with E-state index in [-0.39, 0.29) is 0 Å². The fourth-order valence-corrected chi connectivity index (χ4v) is 2.43. The smallest absolute Gasteiger partial charge is 0.0598 e. The van der Waals surface area contributed by atoms with Gasteiger partial charge in [-0.05, 0) is 37.8 Å². The molecule has 0 aromatic rings. The summed E-state index contributed by atoms with van der Waals surface area (Å²) in [5.74, 6) is 4.24. The third-order valence-corrected chi connectivity index (χ3v) is 3.37. The summed E-state index contributed by atoms with van der Waals surface area (Å²) in [7, 11) is 0. The lowest BCUT2D eigenvalue weighted by Crippen LogP contribution is -2.33. The lowest BCUT2D eigenvalue weighted by atomic mass is 9.95. The van der Waals surface area contributed by atoms with E-state index in [1.165, 1.54) is 19.3 Å². The van der Waals surface area contributed by atoms with E-state index >= 15 is 0 Å². The second kappa shape index (κ2) is 6.06. The monoisotopic (exact) mass is 194 g/mol. The van der Waals surface area contributed by atoms with Crippen LogP contribution in [0.2, 0.25) is 0 Å². The van der Waals surface area contributed by atoms with Gasteiger partial charge in [0.05, 0.1) is 6.54 Å². The van der Waals surface area contributed by atoms with Crippen LogP contribution in [0.15, 0.2) is 0 Å².